The highest BCUT2D eigenvalue weighted by molar-refractivity contribution is 6.37. The minimum atomic E-state index is 0.339. The summed E-state index contributed by atoms with van der Waals surface area (Å²) in [5.41, 5.74) is 2.49. The molecule has 218 valence electrons. The lowest BCUT2D eigenvalue weighted by Gasteiger charge is -2.47. The predicted octanol–water partition coefficient (Wildman–Crippen LogP) is 6.07. The Hall–Kier alpha value is -3.00. The summed E-state index contributed by atoms with van der Waals surface area (Å²) < 4.78 is 28.3. The number of rotatable bonds is 12. The van der Waals surface area contributed by atoms with E-state index in [9.17, 15) is 5.26 Å². The van der Waals surface area contributed by atoms with E-state index < -0.39 is 0 Å². The van der Waals surface area contributed by atoms with Crippen LogP contribution in [0.5, 0.6) is 17.2 Å². The number of fused-ring (bicyclic) bond motifs is 1. The Morgan fingerprint density at radius 3 is 2.44 bits per heavy atom. The highest BCUT2D eigenvalue weighted by Gasteiger charge is 2.40. The number of benzene rings is 2. The van der Waals surface area contributed by atoms with E-state index in [1.165, 1.54) is 26.1 Å². The van der Waals surface area contributed by atoms with Crippen LogP contribution in [-0.2, 0) is 9.47 Å². The molecule has 2 aromatic carbocycles. The number of nitrogens with zero attached hydrogens (tertiary/aromatic N) is 3. The number of halogens is 2. The molecule has 41 heavy (non-hydrogen) atoms. The van der Waals surface area contributed by atoms with Gasteiger partial charge in [0.1, 0.15) is 18.4 Å². The van der Waals surface area contributed by atoms with Gasteiger partial charge >= 0.3 is 0 Å². The van der Waals surface area contributed by atoms with Gasteiger partial charge in [-0.05, 0) is 44.5 Å². The molecule has 3 heterocycles. The second-order valence-electron chi connectivity index (χ2n) is 10.4. The number of hydrogen-bond donors (Lipinski definition) is 1. The molecule has 11 heteroatoms. The van der Waals surface area contributed by atoms with Gasteiger partial charge in [-0.2, -0.15) is 5.26 Å². The number of nitrogens with one attached hydrogen (secondary N) is 1. The van der Waals surface area contributed by atoms with Crippen molar-refractivity contribution in [2.75, 3.05) is 72.2 Å². The lowest BCUT2D eigenvalue weighted by atomic mass is 9.77. The van der Waals surface area contributed by atoms with Crippen molar-refractivity contribution < 1.29 is 23.7 Å². The minimum absolute atomic E-state index is 0.339. The molecule has 9 nitrogen and oxygen atoms in total. The van der Waals surface area contributed by atoms with Crippen molar-refractivity contribution in [2.45, 2.75) is 19.3 Å². The Bertz CT molecular complexity index is 1420. The summed E-state index contributed by atoms with van der Waals surface area (Å²) in [7, 11) is 3.15. The molecule has 0 saturated carbocycles. The Balaban J connectivity index is 1.36. The maximum atomic E-state index is 9.87. The van der Waals surface area contributed by atoms with Crippen molar-refractivity contribution in [3.63, 3.8) is 0 Å². The molecule has 1 spiro atoms. The van der Waals surface area contributed by atoms with Crippen LogP contribution < -0.4 is 19.5 Å². The van der Waals surface area contributed by atoms with Gasteiger partial charge in [-0.1, -0.05) is 23.2 Å². The van der Waals surface area contributed by atoms with E-state index in [1.807, 2.05) is 12.1 Å². The molecule has 2 fully saturated rings. The summed E-state index contributed by atoms with van der Waals surface area (Å²) in [4.78, 5) is 7.03. The van der Waals surface area contributed by atoms with Gasteiger partial charge in [0.05, 0.1) is 66.0 Å². The number of aromatic nitrogens is 1. The standard InChI is InChI=1S/C30H34Cl2N4O5/c1-37-10-11-41-27-12-21-24(14-28(27)40-9-3-6-36-7-4-30(5-8-36)18-39-19-30)34-17-20(16-33)29(21)35-25-15-26(38-2)23(32)13-22(25)31/h12-15,17H,3-11,18-19H2,1-2H3,(H,34,35). The second-order valence-corrected chi connectivity index (χ2v) is 11.3. The lowest BCUT2D eigenvalue weighted by molar-refractivity contribution is -0.139. The van der Waals surface area contributed by atoms with Gasteiger partial charge in [-0.25, -0.2) is 0 Å². The van der Waals surface area contributed by atoms with Gasteiger partial charge in [0.15, 0.2) is 11.5 Å². The molecule has 0 aliphatic carbocycles. The van der Waals surface area contributed by atoms with E-state index in [-0.39, 0.29) is 0 Å². The largest absolute Gasteiger partial charge is 0.495 e. The fraction of sp³-hybridized carbons (Fsp3) is 0.467. The quantitative estimate of drug-likeness (QED) is 0.248. The number of hydrogen-bond acceptors (Lipinski definition) is 9. The molecular formula is C30H34Cl2N4O5. The molecule has 0 bridgehead atoms. The van der Waals surface area contributed by atoms with Crippen LogP contribution in [0.4, 0.5) is 11.4 Å². The van der Waals surface area contributed by atoms with Crippen molar-refractivity contribution >= 4 is 45.5 Å². The Labute approximate surface area is 250 Å². The fourth-order valence-electron chi connectivity index (χ4n) is 5.20. The van der Waals surface area contributed by atoms with Gasteiger partial charge < -0.3 is 33.9 Å². The maximum absolute atomic E-state index is 9.87. The molecule has 3 aromatic rings. The van der Waals surface area contributed by atoms with Crippen LogP contribution in [0.3, 0.4) is 0 Å². The molecular weight excluding hydrogens is 567 g/mol. The summed E-state index contributed by atoms with van der Waals surface area (Å²) in [6, 6.07) is 9.17. The molecule has 2 aliphatic heterocycles. The van der Waals surface area contributed by atoms with Crippen LogP contribution in [0.25, 0.3) is 10.9 Å². The second kappa shape index (κ2) is 13.3. The summed E-state index contributed by atoms with van der Waals surface area (Å²) >= 11 is 12.7. The summed E-state index contributed by atoms with van der Waals surface area (Å²) in [5, 5.41) is 14.6. The van der Waals surface area contributed by atoms with Crippen LogP contribution in [-0.4, -0.2) is 76.8 Å². The number of ether oxygens (including phenoxy) is 5. The molecule has 5 rings (SSSR count). The van der Waals surface area contributed by atoms with Crippen LogP contribution in [0.1, 0.15) is 24.8 Å². The Morgan fingerprint density at radius 2 is 1.76 bits per heavy atom. The fourth-order valence-corrected chi connectivity index (χ4v) is 5.70. The number of methoxy groups -OCH3 is 2. The van der Waals surface area contributed by atoms with Gasteiger partial charge in [0, 0.05) is 42.8 Å². The van der Waals surface area contributed by atoms with Crippen LogP contribution in [0.2, 0.25) is 10.0 Å². The molecule has 0 amide bonds. The first-order valence-corrected chi connectivity index (χ1v) is 14.4. The number of piperidine rings is 1. The van der Waals surface area contributed by atoms with Crippen molar-refractivity contribution in [3.05, 3.63) is 46.1 Å². The van der Waals surface area contributed by atoms with E-state index in [4.69, 9.17) is 46.9 Å². The van der Waals surface area contributed by atoms with E-state index in [2.05, 4.69) is 21.3 Å². The molecule has 0 atom stereocenters. The molecule has 2 aliphatic rings. The third kappa shape index (κ3) is 6.74. The third-order valence-electron chi connectivity index (χ3n) is 7.71. The SMILES string of the molecule is COCCOc1cc2c(Nc3cc(OC)c(Cl)cc3Cl)c(C#N)cnc2cc1OCCCN1CCC2(CC1)COC2. The predicted molar refractivity (Wildman–Crippen MR) is 159 cm³/mol. The zero-order chi connectivity index (χ0) is 28.8. The normalized spacial score (nSPS) is 16.3. The number of anilines is 2. The van der Waals surface area contributed by atoms with Crippen molar-refractivity contribution in [1.29, 1.82) is 5.26 Å². The average molecular weight is 602 g/mol. The van der Waals surface area contributed by atoms with Gasteiger partial charge in [0.2, 0.25) is 0 Å². The average Bonchev–Trinajstić information content (AvgIpc) is 2.96. The van der Waals surface area contributed by atoms with Crippen LogP contribution in [0, 0.1) is 16.7 Å². The van der Waals surface area contributed by atoms with Crippen LogP contribution in [0.15, 0.2) is 30.5 Å². The molecule has 0 radical (unpaired) electrons. The van der Waals surface area contributed by atoms with Crippen molar-refractivity contribution in [2.24, 2.45) is 5.41 Å². The van der Waals surface area contributed by atoms with E-state index in [0.717, 1.165) is 39.3 Å². The molecule has 0 unspecified atom stereocenters. The zero-order valence-corrected chi connectivity index (χ0v) is 24.8. The summed E-state index contributed by atoms with van der Waals surface area (Å²) in [6.45, 7) is 6.32. The first-order valence-electron chi connectivity index (χ1n) is 13.7. The highest BCUT2D eigenvalue weighted by atomic mass is 35.5. The Morgan fingerprint density at radius 1 is 1.00 bits per heavy atom. The van der Waals surface area contributed by atoms with Gasteiger partial charge in [-0.15, -0.1) is 0 Å². The summed E-state index contributed by atoms with van der Waals surface area (Å²) in [5.74, 6) is 1.59. The first-order chi connectivity index (χ1) is 19.9. The number of pyridine rings is 1. The molecule has 2 saturated heterocycles. The Kier molecular flexibility index (Phi) is 9.58. The first kappa shape index (κ1) is 29.5. The van der Waals surface area contributed by atoms with E-state index in [1.54, 1.807) is 19.2 Å². The minimum Gasteiger partial charge on any atom is -0.495 e. The molecule has 1 N–H and O–H groups in total. The van der Waals surface area contributed by atoms with Crippen molar-refractivity contribution in [3.8, 4) is 23.3 Å². The van der Waals surface area contributed by atoms with Gasteiger partial charge in [-0.3, -0.25) is 4.98 Å². The summed E-state index contributed by atoms with van der Waals surface area (Å²) in [6.07, 6.45) is 4.83. The van der Waals surface area contributed by atoms with Crippen molar-refractivity contribution in [1.82, 2.24) is 9.88 Å². The van der Waals surface area contributed by atoms with E-state index >= 15 is 0 Å². The van der Waals surface area contributed by atoms with E-state index in [0.29, 0.717) is 80.4 Å². The van der Waals surface area contributed by atoms with Gasteiger partial charge in [0.25, 0.3) is 0 Å². The lowest BCUT2D eigenvalue weighted by Crippen LogP contribution is -2.51. The third-order valence-corrected chi connectivity index (χ3v) is 8.32. The van der Waals surface area contributed by atoms with Crippen LogP contribution >= 0.6 is 23.2 Å². The maximum Gasteiger partial charge on any atom is 0.163 e. The zero-order valence-electron chi connectivity index (χ0n) is 23.3. The highest BCUT2D eigenvalue weighted by Crippen LogP contribution is 2.41. The number of nitriles is 1. The monoisotopic (exact) mass is 600 g/mol. The number of likely N-dealkylation sites (tertiary alicyclic amines) is 1. The molecule has 1 aromatic heterocycles. The topological polar surface area (TPSA) is 98.1 Å². The smallest absolute Gasteiger partial charge is 0.163 e.